The third-order valence-electron chi connectivity index (χ3n) is 5.22. The Morgan fingerprint density at radius 3 is 2.42 bits per heavy atom. The highest BCUT2D eigenvalue weighted by molar-refractivity contribution is 6.14. The first-order valence-corrected chi connectivity index (χ1v) is 8.48. The van der Waals surface area contributed by atoms with Crippen LogP contribution in [0.15, 0.2) is 40.8 Å². The zero-order valence-corrected chi connectivity index (χ0v) is 15.3. The van der Waals surface area contributed by atoms with Crippen LogP contribution >= 0.6 is 0 Å². The predicted octanol–water partition coefficient (Wildman–Crippen LogP) is 5.86. The number of fused-ring (bicyclic) bond motifs is 3. The van der Waals surface area contributed by atoms with Gasteiger partial charge in [-0.2, -0.15) is 4.57 Å². The number of pyridine rings is 1. The van der Waals surface area contributed by atoms with Crippen molar-refractivity contribution < 1.29 is 13.1 Å². The van der Waals surface area contributed by atoms with Gasteiger partial charge in [-0.1, -0.05) is 24.3 Å². The summed E-state index contributed by atoms with van der Waals surface area (Å²) in [6, 6.07) is 11.3. The van der Waals surface area contributed by atoms with Gasteiger partial charge in [0.1, 0.15) is 18.2 Å². The molecule has 3 nitrogen and oxygen atoms in total. The summed E-state index contributed by atoms with van der Waals surface area (Å²) in [6.07, 6.45) is 0. The number of rotatable bonds is 1. The van der Waals surface area contributed by atoms with E-state index in [1.54, 1.807) is 12.1 Å². The minimum absolute atomic E-state index is 0.337. The van der Waals surface area contributed by atoms with E-state index >= 15 is 0 Å². The van der Waals surface area contributed by atoms with Crippen LogP contribution in [-0.4, -0.2) is 0 Å². The molecule has 3 heteroatoms. The molecule has 4 rings (SSSR count). The van der Waals surface area contributed by atoms with Crippen molar-refractivity contribution in [2.24, 2.45) is 7.05 Å². The van der Waals surface area contributed by atoms with E-state index in [-0.39, 0.29) is 0 Å². The molecule has 0 N–H and O–H groups in total. The number of aryl methyl sites for hydroxylation is 3. The maximum absolute atomic E-state index is 7.77. The molecule has 0 bridgehead atoms. The van der Waals surface area contributed by atoms with Gasteiger partial charge in [0.05, 0.1) is 12.1 Å². The smallest absolute Gasteiger partial charge is 0.229 e. The lowest BCUT2D eigenvalue weighted by Gasteiger charge is -2.08. The summed E-state index contributed by atoms with van der Waals surface area (Å²) in [5, 5.41) is 1.91. The molecule has 0 spiro atoms. The highest BCUT2D eigenvalue weighted by atomic mass is 16.3. The van der Waals surface area contributed by atoms with Crippen LogP contribution < -0.4 is 4.57 Å². The number of nitrogens with zero attached hydrogens (tertiary/aromatic N) is 2. The lowest BCUT2D eigenvalue weighted by molar-refractivity contribution is -0.667. The normalized spacial score (nSPS) is 13.4. The Morgan fingerprint density at radius 1 is 0.962 bits per heavy atom. The lowest BCUT2D eigenvalue weighted by Crippen LogP contribution is -2.35. The summed E-state index contributed by atoms with van der Waals surface area (Å²) in [7, 11) is 1.87. The Morgan fingerprint density at radius 2 is 1.69 bits per heavy atom. The Hall–Kier alpha value is -3.12. The first-order valence-electron chi connectivity index (χ1n) is 9.98. The monoisotopic (exact) mass is 344 g/mol. The van der Waals surface area contributed by atoms with Crippen molar-refractivity contribution in [2.75, 3.05) is 0 Å². The van der Waals surface area contributed by atoms with E-state index in [9.17, 15) is 0 Å². The number of hydrogen-bond acceptors (Lipinski definition) is 1. The van der Waals surface area contributed by atoms with Gasteiger partial charge in [-0.15, -0.1) is 0 Å². The average molecular weight is 344 g/mol. The van der Waals surface area contributed by atoms with Crippen LogP contribution in [0.3, 0.4) is 0 Å². The molecular formula is C23H21N2O+. The fourth-order valence-electron chi connectivity index (χ4n) is 3.61. The molecule has 2 heterocycles. The van der Waals surface area contributed by atoms with Crippen LogP contribution in [0.1, 0.15) is 26.5 Å². The number of furan rings is 1. The molecule has 0 fully saturated rings. The fourth-order valence-corrected chi connectivity index (χ4v) is 3.61. The maximum atomic E-state index is 7.77. The van der Waals surface area contributed by atoms with E-state index < -0.39 is 6.85 Å². The second kappa shape index (κ2) is 5.71. The highest BCUT2D eigenvalue weighted by Gasteiger charge is 2.23. The Bertz CT molecular complexity index is 1340. The first-order chi connectivity index (χ1) is 13.6. The molecule has 0 saturated heterocycles. The van der Waals surface area contributed by atoms with Gasteiger partial charge in [0.25, 0.3) is 0 Å². The minimum atomic E-state index is -2.16. The molecule has 0 aliphatic heterocycles. The van der Waals surface area contributed by atoms with Gasteiger partial charge in [-0.25, -0.2) is 4.85 Å². The molecule has 0 amide bonds. The van der Waals surface area contributed by atoms with Gasteiger partial charge in [-0.3, -0.25) is 0 Å². The third-order valence-corrected chi connectivity index (χ3v) is 5.22. The highest BCUT2D eigenvalue weighted by Crippen LogP contribution is 2.41. The average Bonchev–Trinajstić information content (AvgIpc) is 3.04. The van der Waals surface area contributed by atoms with Crippen LogP contribution in [0, 0.1) is 34.2 Å². The quantitative estimate of drug-likeness (QED) is 0.313. The summed E-state index contributed by atoms with van der Waals surface area (Å²) in [5.41, 5.74) is 6.70. The summed E-state index contributed by atoms with van der Waals surface area (Å²) in [5.74, 6) is 0. The zero-order valence-electron chi connectivity index (χ0n) is 18.3. The van der Waals surface area contributed by atoms with Crippen molar-refractivity contribution in [1.82, 2.24) is 0 Å². The van der Waals surface area contributed by atoms with Crippen LogP contribution in [0.2, 0.25) is 0 Å². The third kappa shape index (κ3) is 2.16. The molecule has 0 aliphatic rings. The van der Waals surface area contributed by atoms with E-state index in [1.165, 1.54) is 0 Å². The van der Waals surface area contributed by atoms with Crippen molar-refractivity contribution >= 4 is 27.6 Å². The van der Waals surface area contributed by atoms with Crippen LogP contribution in [-0.2, 0) is 7.05 Å². The molecule has 0 saturated carbocycles. The largest absolute Gasteiger partial charge is 0.466 e. The Kier molecular flexibility index (Phi) is 2.88. The van der Waals surface area contributed by atoms with Crippen LogP contribution in [0.4, 0.5) is 5.69 Å². The Balaban J connectivity index is 2.12. The summed E-state index contributed by atoms with van der Waals surface area (Å²) in [4.78, 5) is 3.62. The molecule has 0 radical (unpaired) electrons. The van der Waals surface area contributed by atoms with E-state index in [2.05, 4.69) is 4.85 Å². The molecule has 128 valence electrons. The molecule has 0 aliphatic carbocycles. The fraction of sp³-hybridized carbons (Fsp3) is 0.217. The predicted molar refractivity (Wildman–Crippen MR) is 106 cm³/mol. The Labute approximate surface area is 157 Å². The molecular weight excluding hydrogens is 320 g/mol. The van der Waals surface area contributed by atoms with Crippen molar-refractivity contribution in [2.45, 2.75) is 27.6 Å². The van der Waals surface area contributed by atoms with Crippen LogP contribution in [0.5, 0.6) is 0 Å². The molecule has 0 unspecified atom stereocenters. The second-order valence-corrected chi connectivity index (χ2v) is 6.73. The minimum Gasteiger partial charge on any atom is -0.466 e. The zero-order chi connectivity index (χ0) is 21.1. The van der Waals surface area contributed by atoms with Crippen molar-refractivity contribution in [3.63, 3.8) is 0 Å². The van der Waals surface area contributed by atoms with E-state index in [0.717, 1.165) is 38.7 Å². The number of hydrogen-bond donors (Lipinski definition) is 0. The lowest BCUT2D eigenvalue weighted by atomic mass is 9.98. The molecule has 2 aromatic heterocycles. The molecule has 0 atom stereocenters. The van der Waals surface area contributed by atoms with Gasteiger partial charge in [0.15, 0.2) is 5.69 Å². The van der Waals surface area contributed by atoms with Crippen LogP contribution in [0.25, 0.3) is 38.0 Å². The van der Waals surface area contributed by atoms with Gasteiger partial charge in [-0.05, 0) is 37.9 Å². The second-order valence-electron chi connectivity index (χ2n) is 6.73. The number of aromatic nitrogens is 1. The standard InChI is InChI=1S/C23H21N2O/c1-13-9-12-19(25(6)16(13)4)21-15(3)7-10-17-20-14(2)8-11-18(24-5)23(20)26-22(17)21/h7-12H,1-4,6H3/q+1/i1D3. The van der Waals surface area contributed by atoms with Gasteiger partial charge in [0.2, 0.25) is 11.4 Å². The van der Waals surface area contributed by atoms with Gasteiger partial charge < -0.3 is 4.42 Å². The van der Waals surface area contributed by atoms with Gasteiger partial charge in [0, 0.05) is 33.4 Å². The SMILES string of the molecule is [2H]C([2H])([2H])c1ccc(-c2c(C)ccc3c2oc2c([N+]#[C-])ccc(C)c23)[n+](C)c1C. The molecule has 26 heavy (non-hydrogen) atoms. The molecule has 4 aromatic rings. The van der Waals surface area contributed by atoms with Gasteiger partial charge >= 0.3 is 0 Å². The summed E-state index contributed by atoms with van der Waals surface area (Å²) >= 11 is 0. The van der Waals surface area contributed by atoms with E-state index in [1.807, 2.05) is 56.7 Å². The van der Waals surface area contributed by atoms with Crippen molar-refractivity contribution in [3.05, 3.63) is 70.2 Å². The first kappa shape index (κ1) is 13.1. The van der Waals surface area contributed by atoms with E-state index in [0.29, 0.717) is 22.5 Å². The number of benzene rings is 2. The van der Waals surface area contributed by atoms with Crippen molar-refractivity contribution in [3.8, 4) is 11.3 Å². The van der Waals surface area contributed by atoms with Crippen molar-refractivity contribution in [1.29, 1.82) is 0 Å². The van der Waals surface area contributed by atoms with E-state index in [4.69, 9.17) is 15.1 Å². The maximum Gasteiger partial charge on any atom is 0.229 e. The molecule has 2 aromatic carbocycles. The topological polar surface area (TPSA) is 21.4 Å². The summed E-state index contributed by atoms with van der Waals surface area (Å²) < 4.78 is 31.5. The summed E-state index contributed by atoms with van der Waals surface area (Å²) in [6.45, 7) is 11.2.